The van der Waals surface area contributed by atoms with Gasteiger partial charge < -0.3 is 4.74 Å². The zero-order valence-electron chi connectivity index (χ0n) is 7.87. The fourth-order valence-electron chi connectivity index (χ4n) is 1.09. The van der Waals surface area contributed by atoms with E-state index < -0.39 is 0 Å². The first-order valence-corrected chi connectivity index (χ1v) is 3.94. The molecule has 4 heteroatoms. The third-order valence-corrected chi connectivity index (χ3v) is 1.94. The predicted octanol–water partition coefficient (Wildman–Crippen LogP) is 2.13. The quantitative estimate of drug-likeness (QED) is 0.405. The van der Waals surface area contributed by atoms with Crippen LogP contribution in [-0.2, 0) is 4.79 Å². The standard InChI is InChI=1S/C10H8N2O2/c1-7-3-9(14-5-11)4-10(8(7)2)12-6-13/h3-4H,1-2H3. The second-order valence-corrected chi connectivity index (χ2v) is 2.78. The van der Waals surface area contributed by atoms with E-state index in [1.54, 1.807) is 12.3 Å². The van der Waals surface area contributed by atoms with Gasteiger partial charge in [-0.25, -0.2) is 4.79 Å². The summed E-state index contributed by atoms with van der Waals surface area (Å²) in [5.74, 6) is 0.379. The first-order chi connectivity index (χ1) is 6.69. The molecule has 0 aliphatic heterocycles. The Bertz CT molecular complexity index is 440. The molecule has 0 aliphatic carbocycles. The number of aliphatic imine (C=N–C) groups is 1. The topological polar surface area (TPSA) is 62.4 Å². The lowest BCUT2D eigenvalue weighted by atomic mass is 10.1. The summed E-state index contributed by atoms with van der Waals surface area (Å²) in [4.78, 5) is 13.6. The molecule has 0 unspecified atom stereocenters. The number of benzene rings is 1. The molecule has 1 aromatic rings. The summed E-state index contributed by atoms with van der Waals surface area (Å²) >= 11 is 0. The van der Waals surface area contributed by atoms with E-state index in [0.717, 1.165) is 11.1 Å². The number of carbonyl (C=O) groups excluding carboxylic acids is 1. The maximum Gasteiger partial charge on any atom is 0.292 e. The summed E-state index contributed by atoms with van der Waals surface area (Å²) in [6, 6.07) is 3.23. The number of ether oxygens (including phenoxy) is 1. The van der Waals surface area contributed by atoms with E-state index in [4.69, 9.17) is 5.26 Å². The van der Waals surface area contributed by atoms with Gasteiger partial charge in [0.15, 0.2) is 0 Å². The third-order valence-electron chi connectivity index (χ3n) is 1.94. The number of rotatable bonds is 2. The van der Waals surface area contributed by atoms with Crippen LogP contribution in [0.2, 0.25) is 0 Å². The number of hydrogen-bond donors (Lipinski definition) is 0. The van der Waals surface area contributed by atoms with Gasteiger partial charge in [0.1, 0.15) is 5.75 Å². The van der Waals surface area contributed by atoms with E-state index in [1.165, 1.54) is 12.1 Å². The average Bonchev–Trinajstić information content (AvgIpc) is 2.14. The molecule has 0 saturated heterocycles. The summed E-state index contributed by atoms with van der Waals surface area (Å²) in [5, 5.41) is 8.32. The van der Waals surface area contributed by atoms with Gasteiger partial charge in [-0.05, 0) is 31.0 Å². The number of hydrogen-bond acceptors (Lipinski definition) is 4. The Morgan fingerprint density at radius 2 is 2.14 bits per heavy atom. The van der Waals surface area contributed by atoms with Gasteiger partial charge in [0, 0.05) is 6.07 Å². The Labute approximate surface area is 81.5 Å². The Morgan fingerprint density at radius 1 is 1.43 bits per heavy atom. The molecule has 0 bridgehead atoms. The van der Waals surface area contributed by atoms with Gasteiger partial charge in [0.05, 0.1) is 5.69 Å². The van der Waals surface area contributed by atoms with E-state index in [-0.39, 0.29) is 0 Å². The van der Waals surface area contributed by atoms with Crippen LogP contribution in [0.5, 0.6) is 5.75 Å². The molecule has 0 aliphatic rings. The first kappa shape index (κ1) is 9.97. The van der Waals surface area contributed by atoms with Gasteiger partial charge in [-0.1, -0.05) is 0 Å². The fraction of sp³-hybridized carbons (Fsp3) is 0.200. The minimum atomic E-state index is 0.379. The molecule has 0 amide bonds. The van der Waals surface area contributed by atoms with Crippen LogP contribution >= 0.6 is 0 Å². The first-order valence-electron chi connectivity index (χ1n) is 3.94. The molecule has 0 N–H and O–H groups in total. The van der Waals surface area contributed by atoms with Gasteiger partial charge in [-0.3, -0.25) is 0 Å². The van der Waals surface area contributed by atoms with Crippen molar-refractivity contribution in [1.82, 2.24) is 0 Å². The Kier molecular flexibility index (Phi) is 3.01. The molecule has 4 nitrogen and oxygen atoms in total. The largest absolute Gasteiger partial charge is 0.388 e. The summed E-state index contributed by atoms with van der Waals surface area (Å²) < 4.78 is 4.64. The van der Waals surface area contributed by atoms with Crippen LogP contribution < -0.4 is 4.74 Å². The van der Waals surface area contributed by atoms with Crippen LogP contribution in [0.3, 0.4) is 0 Å². The minimum Gasteiger partial charge on any atom is -0.388 e. The monoisotopic (exact) mass is 188 g/mol. The van der Waals surface area contributed by atoms with Gasteiger partial charge in [-0.2, -0.15) is 4.99 Å². The zero-order chi connectivity index (χ0) is 10.6. The molecule has 0 atom stereocenters. The highest BCUT2D eigenvalue weighted by molar-refractivity contribution is 5.58. The Morgan fingerprint density at radius 3 is 2.71 bits per heavy atom. The van der Waals surface area contributed by atoms with Crippen molar-refractivity contribution in [2.24, 2.45) is 4.99 Å². The summed E-state index contributed by atoms with van der Waals surface area (Å²) in [6.07, 6.45) is 3.02. The van der Waals surface area contributed by atoms with Crippen LogP contribution in [0.1, 0.15) is 11.1 Å². The van der Waals surface area contributed by atoms with E-state index in [0.29, 0.717) is 11.4 Å². The number of isocyanates is 1. The number of nitriles is 1. The normalized spacial score (nSPS) is 8.64. The summed E-state index contributed by atoms with van der Waals surface area (Å²) in [6.45, 7) is 3.69. The van der Waals surface area contributed by atoms with Crippen LogP contribution in [0.4, 0.5) is 5.69 Å². The Hall–Kier alpha value is -2.11. The molecule has 0 radical (unpaired) electrons. The van der Waals surface area contributed by atoms with E-state index >= 15 is 0 Å². The Balaban J connectivity index is 3.28. The average molecular weight is 188 g/mol. The van der Waals surface area contributed by atoms with Crippen molar-refractivity contribution in [2.45, 2.75) is 13.8 Å². The van der Waals surface area contributed by atoms with Crippen molar-refractivity contribution in [1.29, 1.82) is 5.26 Å². The van der Waals surface area contributed by atoms with Crippen molar-refractivity contribution in [3.05, 3.63) is 23.3 Å². The van der Waals surface area contributed by atoms with E-state index in [1.807, 2.05) is 13.8 Å². The maximum absolute atomic E-state index is 10.1. The van der Waals surface area contributed by atoms with Crippen LogP contribution in [-0.4, -0.2) is 6.08 Å². The van der Waals surface area contributed by atoms with Crippen molar-refractivity contribution < 1.29 is 9.53 Å². The molecule has 14 heavy (non-hydrogen) atoms. The lowest BCUT2D eigenvalue weighted by molar-refractivity contribution is 0.507. The minimum absolute atomic E-state index is 0.379. The molecular formula is C10H8N2O2. The van der Waals surface area contributed by atoms with Gasteiger partial charge >= 0.3 is 0 Å². The van der Waals surface area contributed by atoms with E-state index in [9.17, 15) is 4.79 Å². The molecule has 0 aromatic heterocycles. The highest BCUT2D eigenvalue weighted by Gasteiger charge is 2.04. The van der Waals surface area contributed by atoms with Crippen molar-refractivity contribution in [2.75, 3.05) is 0 Å². The molecule has 1 rings (SSSR count). The number of aryl methyl sites for hydroxylation is 1. The lowest BCUT2D eigenvalue weighted by Gasteiger charge is -2.04. The van der Waals surface area contributed by atoms with Crippen LogP contribution in [0.25, 0.3) is 0 Å². The highest BCUT2D eigenvalue weighted by Crippen LogP contribution is 2.27. The fourth-order valence-corrected chi connectivity index (χ4v) is 1.09. The second-order valence-electron chi connectivity index (χ2n) is 2.78. The van der Waals surface area contributed by atoms with Gasteiger partial charge in [-0.15, -0.1) is 5.26 Å². The van der Waals surface area contributed by atoms with Crippen molar-refractivity contribution in [3.63, 3.8) is 0 Å². The van der Waals surface area contributed by atoms with Crippen LogP contribution in [0, 0.1) is 25.4 Å². The van der Waals surface area contributed by atoms with Crippen molar-refractivity contribution >= 4 is 11.8 Å². The smallest absolute Gasteiger partial charge is 0.292 e. The summed E-state index contributed by atoms with van der Waals surface area (Å²) in [7, 11) is 0. The van der Waals surface area contributed by atoms with Gasteiger partial charge in [0.25, 0.3) is 6.26 Å². The van der Waals surface area contributed by atoms with Gasteiger partial charge in [0.2, 0.25) is 6.08 Å². The molecule has 0 heterocycles. The molecular weight excluding hydrogens is 180 g/mol. The maximum atomic E-state index is 10.1. The number of nitrogens with zero attached hydrogens (tertiary/aromatic N) is 2. The zero-order valence-corrected chi connectivity index (χ0v) is 7.87. The summed E-state index contributed by atoms with van der Waals surface area (Å²) in [5.41, 5.74) is 2.26. The molecule has 0 fully saturated rings. The van der Waals surface area contributed by atoms with Crippen LogP contribution in [0.15, 0.2) is 17.1 Å². The van der Waals surface area contributed by atoms with Crippen molar-refractivity contribution in [3.8, 4) is 12.0 Å². The molecule has 0 spiro atoms. The second kappa shape index (κ2) is 4.22. The SMILES string of the molecule is Cc1cc(OC#N)cc(N=C=O)c1C. The molecule has 70 valence electrons. The third kappa shape index (κ3) is 1.98. The predicted molar refractivity (Wildman–Crippen MR) is 49.9 cm³/mol. The highest BCUT2D eigenvalue weighted by atomic mass is 16.5. The lowest BCUT2D eigenvalue weighted by Crippen LogP contribution is -1.86. The molecule has 0 saturated carbocycles. The van der Waals surface area contributed by atoms with E-state index in [2.05, 4.69) is 9.73 Å². The molecule has 1 aromatic carbocycles.